The Balaban J connectivity index is 1.55. The highest BCUT2D eigenvalue weighted by molar-refractivity contribution is 9.10. The van der Waals surface area contributed by atoms with Crippen molar-refractivity contribution < 1.29 is 9.53 Å². The summed E-state index contributed by atoms with van der Waals surface area (Å²) in [5.74, 6) is 0.595. The monoisotopic (exact) mass is 444 g/mol. The van der Waals surface area contributed by atoms with Crippen molar-refractivity contribution in [3.63, 3.8) is 0 Å². The van der Waals surface area contributed by atoms with Gasteiger partial charge in [0.1, 0.15) is 5.75 Å². The molecule has 1 aliphatic rings. The molecule has 0 heterocycles. The Kier molecular flexibility index (Phi) is 7.92. The van der Waals surface area contributed by atoms with Gasteiger partial charge in [0.15, 0.2) is 6.61 Å². The number of amides is 1. The molecule has 1 saturated carbocycles. The summed E-state index contributed by atoms with van der Waals surface area (Å²) in [6.07, 6.45) is 7.78. The van der Waals surface area contributed by atoms with Crippen LogP contribution in [0, 0.1) is 6.92 Å². The van der Waals surface area contributed by atoms with Gasteiger partial charge in [0.2, 0.25) is 0 Å². The Morgan fingerprint density at radius 3 is 2.50 bits per heavy atom. The number of aryl methyl sites for hydroxylation is 1. The van der Waals surface area contributed by atoms with Gasteiger partial charge in [-0.1, -0.05) is 59.3 Å². The zero-order chi connectivity index (χ0) is 19.8. The van der Waals surface area contributed by atoms with Gasteiger partial charge in [-0.2, -0.15) is 0 Å². The fraction of sp³-hybridized carbons (Fsp3) is 0.435. The highest BCUT2D eigenvalue weighted by Crippen LogP contribution is 2.24. The van der Waals surface area contributed by atoms with E-state index in [1.165, 1.54) is 38.5 Å². The summed E-state index contributed by atoms with van der Waals surface area (Å²) in [5.41, 5.74) is 3.02. The average Bonchev–Trinajstić information content (AvgIpc) is 2.96. The smallest absolute Gasteiger partial charge is 0.262 e. The van der Waals surface area contributed by atoms with Crippen LogP contribution >= 0.6 is 15.9 Å². The lowest BCUT2D eigenvalue weighted by Gasteiger charge is -2.18. The lowest BCUT2D eigenvalue weighted by molar-refractivity contribution is -0.118. The first-order valence-corrected chi connectivity index (χ1v) is 10.9. The SMILES string of the molecule is Cc1ccc(NC(=O)COc2ccc(Br)cc2CNC2CCCCCC2)cc1. The molecule has 2 N–H and O–H groups in total. The van der Waals surface area contributed by atoms with Gasteiger partial charge >= 0.3 is 0 Å². The Morgan fingerprint density at radius 1 is 1.07 bits per heavy atom. The largest absolute Gasteiger partial charge is 0.483 e. The maximum absolute atomic E-state index is 12.2. The molecule has 0 aromatic heterocycles. The van der Waals surface area contributed by atoms with Crippen LogP contribution in [0.3, 0.4) is 0 Å². The normalized spacial score (nSPS) is 15.1. The van der Waals surface area contributed by atoms with E-state index in [2.05, 4.69) is 32.6 Å². The van der Waals surface area contributed by atoms with E-state index in [0.717, 1.165) is 33.6 Å². The summed E-state index contributed by atoms with van der Waals surface area (Å²) in [7, 11) is 0. The van der Waals surface area contributed by atoms with E-state index in [1.807, 2.05) is 43.3 Å². The number of benzene rings is 2. The Hall–Kier alpha value is -1.85. The first-order chi connectivity index (χ1) is 13.6. The number of hydrogen-bond acceptors (Lipinski definition) is 3. The first kappa shape index (κ1) is 20.9. The minimum atomic E-state index is -0.158. The van der Waals surface area contributed by atoms with E-state index in [4.69, 9.17) is 4.74 Å². The van der Waals surface area contributed by atoms with Crippen LogP contribution in [0.1, 0.15) is 49.7 Å². The number of rotatable bonds is 7. The van der Waals surface area contributed by atoms with E-state index in [-0.39, 0.29) is 12.5 Å². The van der Waals surface area contributed by atoms with Crippen LogP contribution in [0.15, 0.2) is 46.9 Å². The van der Waals surface area contributed by atoms with Gasteiger partial charge in [0.25, 0.3) is 5.91 Å². The molecule has 2 aromatic carbocycles. The molecular weight excluding hydrogens is 416 g/mol. The molecule has 28 heavy (non-hydrogen) atoms. The standard InChI is InChI=1S/C23H29BrN2O2/c1-17-8-11-21(12-9-17)26-23(27)16-28-22-13-10-19(24)14-18(22)15-25-20-6-4-2-3-5-7-20/h8-14,20,25H,2-7,15-16H2,1H3,(H,26,27). The van der Waals surface area contributed by atoms with E-state index in [1.54, 1.807) is 0 Å². The minimum absolute atomic E-state index is 0.00800. The number of nitrogens with one attached hydrogen (secondary N) is 2. The second-order valence-corrected chi connectivity index (χ2v) is 8.44. The second kappa shape index (κ2) is 10.6. The van der Waals surface area contributed by atoms with Crippen LogP contribution in [0.25, 0.3) is 0 Å². The molecule has 0 unspecified atom stereocenters. The number of carbonyl (C=O) groups is 1. The van der Waals surface area contributed by atoms with Crippen LogP contribution < -0.4 is 15.4 Å². The number of hydrogen-bond donors (Lipinski definition) is 2. The molecule has 0 bridgehead atoms. The summed E-state index contributed by atoms with van der Waals surface area (Å²) in [4.78, 5) is 12.2. The fourth-order valence-corrected chi connectivity index (χ4v) is 3.95. The lowest BCUT2D eigenvalue weighted by atomic mass is 10.1. The Labute approximate surface area is 176 Å². The number of halogens is 1. The number of ether oxygens (including phenoxy) is 1. The maximum Gasteiger partial charge on any atom is 0.262 e. The summed E-state index contributed by atoms with van der Waals surface area (Å²) in [6.45, 7) is 2.76. The fourth-order valence-electron chi connectivity index (χ4n) is 3.54. The highest BCUT2D eigenvalue weighted by atomic mass is 79.9. The predicted molar refractivity (Wildman–Crippen MR) is 118 cm³/mol. The Bertz CT molecular complexity index is 769. The summed E-state index contributed by atoms with van der Waals surface area (Å²) in [5, 5.41) is 6.55. The van der Waals surface area contributed by atoms with Crippen LogP contribution in [-0.4, -0.2) is 18.6 Å². The summed E-state index contributed by atoms with van der Waals surface area (Å²) < 4.78 is 6.86. The molecule has 4 nitrogen and oxygen atoms in total. The topological polar surface area (TPSA) is 50.4 Å². The van der Waals surface area contributed by atoms with Crippen LogP contribution in [0.2, 0.25) is 0 Å². The molecule has 2 aromatic rings. The van der Waals surface area contributed by atoms with Crippen molar-refractivity contribution in [1.29, 1.82) is 0 Å². The van der Waals surface area contributed by atoms with Crippen molar-refractivity contribution in [3.8, 4) is 5.75 Å². The Morgan fingerprint density at radius 2 is 1.79 bits per heavy atom. The maximum atomic E-state index is 12.2. The highest BCUT2D eigenvalue weighted by Gasteiger charge is 2.14. The molecule has 0 saturated heterocycles. The van der Waals surface area contributed by atoms with Crippen LogP contribution in [0.4, 0.5) is 5.69 Å². The molecule has 1 aliphatic carbocycles. The molecular formula is C23H29BrN2O2. The third-order valence-corrected chi connectivity index (χ3v) is 5.65. The van der Waals surface area contributed by atoms with Gasteiger partial charge in [0.05, 0.1) is 0 Å². The first-order valence-electron chi connectivity index (χ1n) is 10.1. The third-order valence-electron chi connectivity index (χ3n) is 5.15. The second-order valence-electron chi connectivity index (χ2n) is 7.52. The molecule has 0 aliphatic heterocycles. The van der Waals surface area contributed by atoms with Gasteiger partial charge in [-0.05, 0) is 50.1 Å². The van der Waals surface area contributed by atoms with Gasteiger partial charge in [-0.25, -0.2) is 0 Å². The lowest BCUT2D eigenvalue weighted by Crippen LogP contribution is -2.28. The summed E-state index contributed by atoms with van der Waals surface area (Å²) >= 11 is 3.54. The molecule has 0 spiro atoms. The van der Waals surface area contributed by atoms with Crippen molar-refractivity contribution in [2.75, 3.05) is 11.9 Å². The molecule has 0 radical (unpaired) electrons. The molecule has 5 heteroatoms. The van der Waals surface area contributed by atoms with Gasteiger partial charge < -0.3 is 15.4 Å². The van der Waals surface area contributed by atoms with Crippen molar-refractivity contribution in [2.24, 2.45) is 0 Å². The zero-order valence-corrected chi connectivity index (χ0v) is 18.1. The van der Waals surface area contributed by atoms with E-state index in [9.17, 15) is 4.79 Å². The molecule has 0 atom stereocenters. The van der Waals surface area contributed by atoms with Crippen LogP contribution in [0.5, 0.6) is 5.75 Å². The predicted octanol–water partition coefficient (Wildman–Crippen LogP) is 5.59. The van der Waals surface area contributed by atoms with Crippen LogP contribution in [-0.2, 0) is 11.3 Å². The molecule has 1 fully saturated rings. The average molecular weight is 445 g/mol. The third kappa shape index (κ3) is 6.64. The summed E-state index contributed by atoms with van der Waals surface area (Å²) in [6, 6.07) is 14.3. The van der Waals surface area contributed by atoms with E-state index < -0.39 is 0 Å². The van der Waals surface area contributed by atoms with E-state index >= 15 is 0 Å². The molecule has 3 rings (SSSR count). The number of anilines is 1. The van der Waals surface area contributed by atoms with Crippen molar-refractivity contribution >= 4 is 27.5 Å². The van der Waals surface area contributed by atoms with Gasteiger partial charge in [0, 0.05) is 28.3 Å². The number of carbonyl (C=O) groups excluding carboxylic acids is 1. The minimum Gasteiger partial charge on any atom is -0.483 e. The molecule has 1 amide bonds. The van der Waals surface area contributed by atoms with Gasteiger partial charge in [-0.15, -0.1) is 0 Å². The van der Waals surface area contributed by atoms with Gasteiger partial charge in [-0.3, -0.25) is 4.79 Å². The molecule has 150 valence electrons. The van der Waals surface area contributed by atoms with Crippen molar-refractivity contribution in [1.82, 2.24) is 5.32 Å². The van der Waals surface area contributed by atoms with Crippen molar-refractivity contribution in [2.45, 2.75) is 58.0 Å². The zero-order valence-electron chi connectivity index (χ0n) is 16.5. The quantitative estimate of drug-likeness (QED) is 0.547. The van der Waals surface area contributed by atoms with Crippen molar-refractivity contribution in [3.05, 3.63) is 58.1 Å². The van der Waals surface area contributed by atoms with E-state index in [0.29, 0.717) is 6.04 Å².